The Labute approximate surface area is 215 Å². The number of fused-ring (bicyclic) bond motifs is 2. The molecule has 12 heteroatoms. The van der Waals surface area contributed by atoms with Gasteiger partial charge in [-0.15, -0.1) is 24.8 Å². The van der Waals surface area contributed by atoms with Crippen LogP contribution in [0.1, 0.15) is 29.9 Å². The molecule has 1 aromatic rings. The van der Waals surface area contributed by atoms with Crippen LogP contribution >= 0.6 is 24.8 Å². The molecule has 2 aliphatic carbocycles. The summed E-state index contributed by atoms with van der Waals surface area (Å²) in [5.41, 5.74) is 10.0. The predicted octanol–water partition coefficient (Wildman–Crippen LogP) is 1.11. The normalized spacial score (nSPS) is 28.5. The standard InChI is InChI=1S/C23H26N8O2.2ClH/c1-13-19(28-30-22-24-6-7-25-22)10-16-17(11-32)14-4-2-3-5-15(14)18(12-33)20(16)21(13)29-31-23-26-8-9-27-23;;/h2-5,10-13,17-18,20H,6-9H2,1H3,(H2,24,25,30)(H2,26,27,31);2*1H. The Balaban J connectivity index is 0.00000171. The highest BCUT2D eigenvalue weighted by Gasteiger charge is 2.45. The van der Waals surface area contributed by atoms with Crippen LogP contribution in [0.15, 0.2) is 56.1 Å². The molecule has 35 heavy (non-hydrogen) atoms. The van der Waals surface area contributed by atoms with Gasteiger partial charge in [-0.05, 0) is 22.8 Å². The molecule has 4 aliphatic rings. The largest absolute Gasteiger partial charge is 0.353 e. The van der Waals surface area contributed by atoms with E-state index in [4.69, 9.17) is 5.10 Å². The molecule has 0 bridgehead atoms. The molecule has 0 radical (unpaired) electrons. The van der Waals surface area contributed by atoms with Crippen LogP contribution < -0.4 is 21.5 Å². The first-order chi connectivity index (χ1) is 16.2. The number of hydrogen-bond acceptors (Lipinski definition) is 10. The number of allylic oxidation sites excluding steroid dienone is 2. The molecule has 2 heterocycles. The number of carbonyl (C=O) groups excluding carboxylic acids is 2. The van der Waals surface area contributed by atoms with E-state index in [9.17, 15) is 9.59 Å². The Morgan fingerprint density at radius 2 is 1.57 bits per heavy atom. The van der Waals surface area contributed by atoms with Crippen molar-refractivity contribution in [1.82, 2.24) is 21.5 Å². The van der Waals surface area contributed by atoms with E-state index in [1.165, 1.54) is 0 Å². The third kappa shape index (κ3) is 4.94. The Morgan fingerprint density at radius 1 is 0.943 bits per heavy atom. The minimum absolute atomic E-state index is 0. The van der Waals surface area contributed by atoms with Gasteiger partial charge in [0, 0.05) is 24.9 Å². The first-order valence-corrected chi connectivity index (χ1v) is 11.2. The van der Waals surface area contributed by atoms with Gasteiger partial charge in [-0.2, -0.15) is 10.2 Å². The molecule has 0 aromatic heterocycles. The van der Waals surface area contributed by atoms with Crippen molar-refractivity contribution in [2.45, 2.75) is 18.8 Å². The van der Waals surface area contributed by atoms with Gasteiger partial charge in [-0.25, -0.2) is 20.8 Å². The van der Waals surface area contributed by atoms with Crippen molar-refractivity contribution in [2.75, 3.05) is 26.2 Å². The molecular weight excluding hydrogens is 491 g/mol. The molecule has 2 aliphatic heterocycles. The quantitative estimate of drug-likeness (QED) is 0.348. The third-order valence-electron chi connectivity index (χ3n) is 6.50. The van der Waals surface area contributed by atoms with E-state index in [-0.39, 0.29) is 36.6 Å². The molecule has 5 rings (SSSR count). The summed E-state index contributed by atoms with van der Waals surface area (Å²) < 4.78 is 0. The number of rotatable bonds is 4. The highest BCUT2D eigenvalue weighted by atomic mass is 35.5. The molecule has 10 nitrogen and oxygen atoms in total. The van der Waals surface area contributed by atoms with Crippen LogP contribution in [-0.2, 0) is 9.59 Å². The predicted molar refractivity (Wildman–Crippen MR) is 141 cm³/mol. The van der Waals surface area contributed by atoms with E-state index in [0.717, 1.165) is 53.8 Å². The van der Waals surface area contributed by atoms with E-state index in [1.54, 1.807) is 0 Å². The second kappa shape index (κ2) is 11.5. The first-order valence-electron chi connectivity index (χ1n) is 11.2. The number of carbonyl (C=O) groups is 2. The van der Waals surface area contributed by atoms with E-state index in [2.05, 4.69) is 36.6 Å². The molecule has 4 unspecified atom stereocenters. The summed E-state index contributed by atoms with van der Waals surface area (Å²) in [5.74, 6) is -0.267. The summed E-state index contributed by atoms with van der Waals surface area (Å²) in [6, 6.07) is 7.63. The lowest BCUT2D eigenvalue weighted by molar-refractivity contribution is -0.111. The van der Waals surface area contributed by atoms with Crippen LogP contribution in [0.2, 0.25) is 0 Å². The van der Waals surface area contributed by atoms with Gasteiger partial charge in [-0.1, -0.05) is 31.2 Å². The van der Waals surface area contributed by atoms with Crippen LogP contribution in [0, 0.1) is 11.8 Å². The average molecular weight is 519 g/mol. The van der Waals surface area contributed by atoms with Gasteiger partial charge in [0.1, 0.15) is 12.6 Å². The maximum atomic E-state index is 12.4. The molecule has 0 amide bonds. The number of hydrogen-bond donors (Lipinski definition) is 4. The summed E-state index contributed by atoms with van der Waals surface area (Å²) in [5, 5.41) is 15.6. The van der Waals surface area contributed by atoms with Crippen molar-refractivity contribution in [3.63, 3.8) is 0 Å². The number of aliphatic imine (C=N–C) groups is 2. The number of nitrogens with one attached hydrogen (secondary N) is 4. The van der Waals surface area contributed by atoms with E-state index < -0.39 is 11.8 Å². The number of aldehydes is 2. The Hall–Kier alpha value is -3.24. The zero-order chi connectivity index (χ0) is 22.8. The molecular formula is C23H28Cl2N8O2. The number of guanidine groups is 2. The van der Waals surface area contributed by atoms with Gasteiger partial charge < -0.3 is 20.2 Å². The molecule has 0 saturated heterocycles. The minimum Gasteiger partial charge on any atom is -0.353 e. The average Bonchev–Trinajstić information content (AvgIpc) is 3.55. The highest BCUT2D eigenvalue weighted by molar-refractivity contribution is 6.18. The number of nitrogens with zero attached hydrogens (tertiary/aromatic N) is 4. The van der Waals surface area contributed by atoms with E-state index in [1.807, 2.05) is 37.3 Å². The van der Waals surface area contributed by atoms with Crippen LogP contribution in [-0.4, -0.2) is 62.1 Å². The Morgan fingerprint density at radius 3 is 2.14 bits per heavy atom. The SMILES string of the molecule is CC1C(=NNC2=NCCN2)C=C2C(C=O)c3ccccc3C(C=O)C2C1=NNC1=NCCN1.Cl.Cl. The van der Waals surface area contributed by atoms with E-state index >= 15 is 0 Å². The van der Waals surface area contributed by atoms with Crippen molar-refractivity contribution < 1.29 is 9.59 Å². The zero-order valence-electron chi connectivity index (χ0n) is 19.1. The van der Waals surface area contributed by atoms with Crippen molar-refractivity contribution in [1.29, 1.82) is 0 Å². The highest BCUT2D eigenvalue weighted by Crippen LogP contribution is 2.48. The monoisotopic (exact) mass is 518 g/mol. The van der Waals surface area contributed by atoms with Gasteiger partial charge in [0.05, 0.1) is 36.3 Å². The number of benzene rings is 1. The second-order valence-corrected chi connectivity index (χ2v) is 8.36. The van der Waals surface area contributed by atoms with E-state index in [0.29, 0.717) is 25.0 Å². The van der Waals surface area contributed by atoms with Gasteiger partial charge in [0.2, 0.25) is 11.9 Å². The maximum Gasteiger partial charge on any atom is 0.212 e. The smallest absolute Gasteiger partial charge is 0.212 e. The summed E-state index contributed by atoms with van der Waals surface area (Å²) in [6.45, 7) is 4.90. The molecule has 4 N–H and O–H groups in total. The van der Waals surface area contributed by atoms with Gasteiger partial charge in [-0.3, -0.25) is 0 Å². The lowest BCUT2D eigenvalue weighted by atomic mass is 9.61. The third-order valence-corrected chi connectivity index (χ3v) is 6.50. The fourth-order valence-electron chi connectivity index (χ4n) is 4.89. The summed E-state index contributed by atoms with van der Waals surface area (Å²) in [6.07, 6.45) is 3.84. The molecule has 1 aromatic carbocycles. The lowest BCUT2D eigenvalue weighted by Crippen LogP contribution is -2.44. The van der Waals surface area contributed by atoms with Crippen molar-refractivity contribution in [3.8, 4) is 0 Å². The van der Waals surface area contributed by atoms with Crippen molar-refractivity contribution in [3.05, 3.63) is 47.0 Å². The molecule has 0 fully saturated rings. The fraction of sp³-hybridized carbons (Fsp3) is 0.391. The minimum atomic E-state index is -0.478. The Bertz CT molecular complexity index is 1130. The van der Waals surface area contributed by atoms with Gasteiger partial charge in [0.15, 0.2) is 0 Å². The lowest BCUT2D eigenvalue weighted by Gasteiger charge is -2.41. The van der Waals surface area contributed by atoms with Crippen molar-refractivity contribution in [2.24, 2.45) is 32.0 Å². The van der Waals surface area contributed by atoms with Gasteiger partial charge >= 0.3 is 0 Å². The fourth-order valence-corrected chi connectivity index (χ4v) is 4.89. The molecule has 186 valence electrons. The summed E-state index contributed by atoms with van der Waals surface area (Å²) >= 11 is 0. The number of halogens is 2. The van der Waals surface area contributed by atoms with Crippen LogP contribution in [0.25, 0.3) is 0 Å². The topological polar surface area (TPSA) is 132 Å². The molecule has 0 saturated carbocycles. The van der Waals surface area contributed by atoms with Crippen LogP contribution in [0.5, 0.6) is 0 Å². The maximum absolute atomic E-state index is 12.4. The zero-order valence-corrected chi connectivity index (χ0v) is 20.7. The van der Waals surface area contributed by atoms with Gasteiger partial charge in [0.25, 0.3) is 0 Å². The van der Waals surface area contributed by atoms with Crippen LogP contribution in [0.3, 0.4) is 0 Å². The second-order valence-electron chi connectivity index (χ2n) is 8.36. The Kier molecular flexibility index (Phi) is 8.63. The first kappa shape index (κ1) is 26.4. The number of hydrazone groups is 2. The summed E-state index contributed by atoms with van der Waals surface area (Å²) in [7, 11) is 0. The summed E-state index contributed by atoms with van der Waals surface area (Å²) in [4.78, 5) is 33.3. The molecule has 0 spiro atoms. The van der Waals surface area contributed by atoms with Crippen molar-refractivity contribution >= 4 is 60.7 Å². The van der Waals surface area contributed by atoms with Crippen LogP contribution in [0.4, 0.5) is 0 Å². The molecule has 4 atom stereocenters.